The minimum atomic E-state index is -3.61. The number of nitrogens with zero attached hydrogens (tertiary/aromatic N) is 6. The lowest BCUT2D eigenvalue weighted by Gasteiger charge is -2.27. The van der Waals surface area contributed by atoms with E-state index in [4.69, 9.17) is 0 Å². The van der Waals surface area contributed by atoms with E-state index in [2.05, 4.69) is 22.2 Å². The number of rotatable bonds is 5. The minimum absolute atomic E-state index is 0.275. The predicted octanol–water partition coefficient (Wildman–Crippen LogP) is 2.69. The van der Waals surface area contributed by atoms with E-state index in [1.165, 1.54) is 0 Å². The van der Waals surface area contributed by atoms with Crippen LogP contribution in [-0.2, 0) is 37.1 Å². The molecule has 1 aromatic carbocycles. The van der Waals surface area contributed by atoms with Crippen LogP contribution < -0.4 is 0 Å². The van der Waals surface area contributed by atoms with Gasteiger partial charge in [0.1, 0.15) is 5.69 Å². The van der Waals surface area contributed by atoms with Crippen molar-refractivity contribution in [3.05, 3.63) is 40.6 Å². The molecule has 0 radical (unpaired) electrons. The van der Waals surface area contributed by atoms with E-state index < -0.39 is 10.0 Å². The van der Waals surface area contributed by atoms with Gasteiger partial charge in [-0.15, -0.1) is 10.2 Å². The van der Waals surface area contributed by atoms with Gasteiger partial charge in [0.05, 0.1) is 4.90 Å². The van der Waals surface area contributed by atoms with Gasteiger partial charge in [0.15, 0.2) is 11.0 Å². The molecule has 0 amide bonds. The summed E-state index contributed by atoms with van der Waals surface area (Å²) in [5.41, 5.74) is 4.46. The minimum Gasteiger partial charge on any atom is -0.304 e. The first-order valence-electron chi connectivity index (χ1n) is 9.88. The number of fused-ring (bicyclic) bond motifs is 1. The highest BCUT2D eigenvalue weighted by atomic mass is 32.2. The third-order valence-electron chi connectivity index (χ3n) is 5.48. The van der Waals surface area contributed by atoms with Gasteiger partial charge in [-0.05, 0) is 31.2 Å². The Labute approximate surface area is 181 Å². The molecule has 2 aromatic heterocycles. The second kappa shape index (κ2) is 7.82. The number of thioether (sulfide) groups is 1. The normalized spacial score (nSPS) is 14.8. The second-order valence-corrected chi connectivity index (χ2v) is 10.7. The molecule has 8 nitrogen and oxygen atoms in total. The van der Waals surface area contributed by atoms with Crippen LogP contribution in [-0.4, -0.2) is 49.6 Å². The first-order chi connectivity index (χ1) is 14.2. The molecule has 30 heavy (non-hydrogen) atoms. The van der Waals surface area contributed by atoms with Crippen molar-refractivity contribution in [2.45, 2.75) is 43.8 Å². The summed E-state index contributed by atoms with van der Waals surface area (Å²) in [7, 11) is 0.210. The monoisotopic (exact) mass is 446 g/mol. The van der Waals surface area contributed by atoms with E-state index in [-0.39, 0.29) is 6.54 Å². The van der Waals surface area contributed by atoms with Crippen LogP contribution in [0.1, 0.15) is 29.3 Å². The Kier molecular flexibility index (Phi) is 5.50. The Morgan fingerprint density at radius 2 is 1.93 bits per heavy atom. The van der Waals surface area contributed by atoms with Crippen molar-refractivity contribution in [2.75, 3.05) is 12.3 Å². The summed E-state index contributed by atoms with van der Waals surface area (Å²) >= 11 is 1.61. The standard InChI is InChI=1S/C20H26N6O2S2/c1-6-29-20-22-21-19(24(20)4)18-15-12-26(10-9-16(15)25(5)23-18)30(27,28)17-8-7-13(2)11-14(17)3/h7-8,11H,6,9-10,12H2,1-5H3. The van der Waals surface area contributed by atoms with Gasteiger partial charge >= 0.3 is 0 Å². The summed E-state index contributed by atoms with van der Waals surface area (Å²) in [5, 5.41) is 14.1. The Morgan fingerprint density at radius 3 is 2.63 bits per heavy atom. The van der Waals surface area contributed by atoms with Crippen molar-refractivity contribution in [1.82, 2.24) is 28.9 Å². The van der Waals surface area contributed by atoms with Gasteiger partial charge in [0, 0.05) is 44.9 Å². The second-order valence-electron chi connectivity index (χ2n) is 7.55. The fraction of sp³-hybridized carbons (Fsp3) is 0.450. The SMILES string of the molecule is CCSc1nnc(-c2nn(C)c3c2CN(S(=O)(=O)c2ccc(C)cc2C)CC3)n1C. The molecule has 0 aliphatic carbocycles. The third kappa shape index (κ3) is 3.46. The molecule has 0 unspecified atom stereocenters. The molecule has 0 spiro atoms. The quantitative estimate of drug-likeness (QED) is 0.560. The van der Waals surface area contributed by atoms with Crippen LogP contribution in [0.15, 0.2) is 28.3 Å². The lowest BCUT2D eigenvalue weighted by Crippen LogP contribution is -2.36. The fourth-order valence-corrected chi connectivity index (χ4v) is 6.21. The first kappa shape index (κ1) is 21.1. The average Bonchev–Trinajstić information content (AvgIpc) is 3.21. The molecule has 160 valence electrons. The zero-order valence-corrected chi connectivity index (χ0v) is 19.5. The highest BCUT2D eigenvalue weighted by Crippen LogP contribution is 2.33. The van der Waals surface area contributed by atoms with Crippen molar-refractivity contribution < 1.29 is 8.42 Å². The summed E-state index contributed by atoms with van der Waals surface area (Å²) in [6, 6.07) is 5.46. The summed E-state index contributed by atoms with van der Waals surface area (Å²) in [4.78, 5) is 0.363. The average molecular weight is 447 g/mol. The summed E-state index contributed by atoms with van der Waals surface area (Å²) < 4.78 is 32.1. The van der Waals surface area contributed by atoms with Gasteiger partial charge < -0.3 is 4.57 Å². The molecule has 3 aromatic rings. The topological polar surface area (TPSA) is 85.9 Å². The fourth-order valence-electron chi connectivity index (χ4n) is 3.96. The van der Waals surface area contributed by atoms with E-state index in [0.29, 0.717) is 29.4 Å². The van der Waals surface area contributed by atoms with Crippen molar-refractivity contribution >= 4 is 21.8 Å². The van der Waals surface area contributed by atoms with Gasteiger partial charge in [-0.1, -0.05) is 36.4 Å². The smallest absolute Gasteiger partial charge is 0.243 e. The van der Waals surface area contributed by atoms with Crippen molar-refractivity contribution in [3.63, 3.8) is 0 Å². The number of hydrogen-bond acceptors (Lipinski definition) is 6. The van der Waals surface area contributed by atoms with E-state index in [1.54, 1.807) is 22.1 Å². The zero-order chi connectivity index (χ0) is 21.6. The summed E-state index contributed by atoms with van der Waals surface area (Å²) in [5.74, 6) is 1.56. The van der Waals surface area contributed by atoms with Gasteiger partial charge in [0.25, 0.3) is 0 Å². The molecular weight excluding hydrogens is 420 g/mol. The molecule has 0 fully saturated rings. The largest absolute Gasteiger partial charge is 0.304 e. The Morgan fingerprint density at radius 1 is 1.17 bits per heavy atom. The maximum Gasteiger partial charge on any atom is 0.243 e. The van der Waals surface area contributed by atoms with Crippen molar-refractivity contribution in [3.8, 4) is 11.5 Å². The highest BCUT2D eigenvalue weighted by molar-refractivity contribution is 7.99. The molecular formula is C20H26N6O2S2. The van der Waals surface area contributed by atoms with Crippen LogP contribution >= 0.6 is 11.8 Å². The number of benzene rings is 1. The van der Waals surface area contributed by atoms with E-state index in [0.717, 1.165) is 33.3 Å². The first-order valence-corrected chi connectivity index (χ1v) is 12.3. The van der Waals surface area contributed by atoms with E-state index >= 15 is 0 Å². The third-order valence-corrected chi connectivity index (χ3v) is 8.38. The van der Waals surface area contributed by atoms with Gasteiger partial charge in [-0.2, -0.15) is 9.40 Å². The molecule has 3 heterocycles. The van der Waals surface area contributed by atoms with Crippen LogP contribution in [0.3, 0.4) is 0 Å². The molecule has 4 rings (SSSR count). The van der Waals surface area contributed by atoms with Crippen molar-refractivity contribution in [1.29, 1.82) is 0 Å². The predicted molar refractivity (Wildman–Crippen MR) is 117 cm³/mol. The molecule has 1 aliphatic rings. The molecule has 1 aliphatic heterocycles. The van der Waals surface area contributed by atoms with Crippen molar-refractivity contribution in [2.24, 2.45) is 14.1 Å². The van der Waals surface area contributed by atoms with Crippen LogP contribution in [0.2, 0.25) is 0 Å². The van der Waals surface area contributed by atoms with E-state index in [9.17, 15) is 8.42 Å². The van der Waals surface area contributed by atoms with Gasteiger partial charge in [0.2, 0.25) is 10.0 Å². The van der Waals surface area contributed by atoms with Crippen LogP contribution in [0.25, 0.3) is 11.5 Å². The molecule has 0 atom stereocenters. The Balaban J connectivity index is 1.74. The van der Waals surface area contributed by atoms with Crippen LogP contribution in [0, 0.1) is 13.8 Å². The van der Waals surface area contributed by atoms with Gasteiger partial charge in [-0.3, -0.25) is 4.68 Å². The van der Waals surface area contributed by atoms with E-state index in [1.807, 2.05) is 49.3 Å². The Bertz CT molecular complexity index is 1210. The van der Waals surface area contributed by atoms with Crippen LogP contribution in [0.5, 0.6) is 0 Å². The number of aryl methyl sites for hydroxylation is 3. The molecule has 0 bridgehead atoms. The molecule has 0 saturated carbocycles. The summed E-state index contributed by atoms with van der Waals surface area (Å²) in [6.45, 7) is 6.58. The number of aromatic nitrogens is 5. The Hall–Kier alpha value is -2.17. The lowest BCUT2D eigenvalue weighted by atomic mass is 10.1. The molecule has 10 heteroatoms. The van der Waals surface area contributed by atoms with Crippen LogP contribution in [0.4, 0.5) is 0 Å². The maximum atomic E-state index is 13.4. The van der Waals surface area contributed by atoms with Gasteiger partial charge in [-0.25, -0.2) is 8.42 Å². The summed E-state index contributed by atoms with van der Waals surface area (Å²) in [6.07, 6.45) is 0.609. The maximum absolute atomic E-state index is 13.4. The molecule has 0 saturated heterocycles. The highest BCUT2D eigenvalue weighted by Gasteiger charge is 2.34. The zero-order valence-electron chi connectivity index (χ0n) is 17.9. The molecule has 0 N–H and O–H groups in total. The number of hydrogen-bond donors (Lipinski definition) is 0. The number of sulfonamides is 1. The lowest BCUT2D eigenvalue weighted by molar-refractivity contribution is 0.386.